The number of carbonyl (C=O) groups excluding carboxylic acids is 1. The van der Waals surface area contributed by atoms with Crippen molar-refractivity contribution in [3.05, 3.63) is 59.9 Å². The molecule has 1 amide bonds. The third-order valence-corrected chi connectivity index (χ3v) is 7.91. The van der Waals surface area contributed by atoms with Crippen molar-refractivity contribution in [2.24, 2.45) is 17.8 Å². The van der Waals surface area contributed by atoms with Gasteiger partial charge in [-0.2, -0.15) is 5.26 Å². The molecule has 0 saturated heterocycles. The van der Waals surface area contributed by atoms with Gasteiger partial charge in [0.1, 0.15) is 11.6 Å². The molecule has 4 rings (SSSR count). The Labute approximate surface area is 264 Å². The van der Waals surface area contributed by atoms with Crippen molar-refractivity contribution in [2.75, 3.05) is 17.2 Å². The van der Waals surface area contributed by atoms with Crippen molar-refractivity contribution in [3.63, 3.8) is 0 Å². The number of nitrogens with zero attached hydrogens (tertiary/aromatic N) is 2. The Morgan fingerprint density at radius 3 is 2.43 bits per heavy atom. The maximum Gasteiger partial charge on any atom is 0.259 e. The molecule has 2 aromatic rings. The van der Waals surface area contributed by atoms with Gasteiger partial charge in [-0.3, -0.25) is 4.79 Å². The predicted molar refractivity (Wildman–Crippen MR) is 179 cm³/mol. The van der Waals surface area contributed by atoms with Gasteiger partial charge in [0.05, 0.1) is 35.4 Å². The molecule has 1 aromatic carbocycles. The van der Waals surface area contributed by atoms with Gasteiger partial charge in [0.2, 0.25) is 0 Å². The van der Waals surface area contributed by atoms with Gasteiger partial charge in [0, 0.05) is 24.4 Å². The van der Waals surface area contributed by atoms with Crippen LogP contribution >= 0.6 is 0 Å². The first kappa shape index (κ1) is 35.1. The van der Waals surface area contributed by atoms with Crippen molar-refractivity contribution in [1.29, 1.82) is 5.26 Å². The second-order valence-electron chi connectivity index (χ2n) is 12.7. The average Bonchev–Trinajstić information content (AvgIpc) is 3.88. The first-order chi connectivity index (χ1) is 21.1. The van der Waals surface area contributed by atoms with E-state index in [1.807, 2.05) is 26.0 Å². The molecule has 0 bridgehead atoms. The molecule has 0 radical (unpaired) electrons. The number of carbonyl (C=O) groups is 1. The summed E-state index contributed by atoms with van der Waals surface area (Å²) in [5.41, 5.74) is 2.76. The van der Waals surface area contributed by atoms with Gasteiger partial charge < -0.3 is 25.8 Å². The summed E-state index contributed by atoms with van der Waals surface area (Å²) in [4.78, 5) is 17.8. The number of pyridine rings is 1. The first-order valence-corrected chi connectivity index (χ1v) is 16.4. The zero-order chi connectivity index (χ0) is 32.1. The molecule has 1 heterocycles. The molecule has 0 aliphatic heterocycles. The second kappa shape index (κ2) is 17.8. The number of amides is 1. The number of nitrogens with one attached hydrogen (secondary N) is 3. The minimum atomic E-state index is -0.640. The Morgan fingerprint density at radius 2 is 1.86 bits per heavy atom. The van der Waals surface area contributed by atoms with E-state index in [0.29, 0.717) is 47.6 Å². The SMILES string of the molecule is C1CC1.C=C(Nc1c(OC(C)CC(O)CC(C#N)C2CC2)cccc1C(=O)Nc1ccc(C)cn1)C(CC)CCNC(C)C. The molecule has 0 spiro atoms. The van der Waals surface area contributed by atoms with Crippen LogP contribution in [0.3, 0.4) is 0 Å². The van der Waals surface area contributed by atoms with Crippen LogP contribution < -0.4 is 20.7 Å². The lowest BCUT2D eigenvalue weighted by molar-refractivity contribution is 0.0872. The van der Waals surface area contributed by atoms with Gasteiger partial charge in [-0.05, 0) is 88.1 Å². The fourth-order valence-corrected chi connectivity index (χ4v) is 4.99. The molecule has 4 unspecified atom stereocenters. The number of aliphatic hydroxyl groups excluding tert-OH is 1. The molecule has 2 aliphatic carbocycles. The number of rotatable bonds is 17. The lowest BCUT2D eigenvalue weighted by Gasteiger charge is -2.25. The van der Waals surface area contributed by atoms with E-state index < -0.39 is 6.10 Å². The van der Waals surface area contributed by atoms with E-state index in [1.54, 1.807) is 24.4 Å². The highest BCUT2D eigenvalue weighted by atomic mass is 16.5. The summed E-state index contributed by atoms with van der Waals surface area (Å²) in [7, 11) is 0. The molecule has 8 nitrogen and oxygen atoms in total. The molecular weight excluding hydrogens is 550 g/mol. The average molecular weight is 604 g/mol. The van der Waals surface area contributed by atoms with Crippen LogP contribution in [0, 0.1) is 36.0 Å². The summed E-state index contributed by atoms with van der Waals surface area (Å²) in [5.74, 6) is 1.13. The van der Waals surface area contributed by atoms with E-state index in [9.17, 15) is 15.2 Å². The highest BCUT2D eigenvalue weighted by molar-refractivity contribution is 6.08. The highest BCUT2D eigenvalue weighted by Gasteiger charge is 2.33. The number of ether oxygens (including phenoxy) is 1. The lowest BCUT2D eigenvalue weighted by Crippen LogP contribution is -2.27. The van der Waals surface area contributed by atoms with E-state index in [4.69, 9.17) is 4.74 Å². The third kappa shape index (κ3) is 12.3. The summed E-state index contributed by atoms with van der Waals surface area (Å²) in [5, 5.41) is 30.0. The number of anilines is 2. The third-order valence-electron chi connectivity index (χ3n) is 7.91. The summed E-state index contributed by atoms with van der Waals surface area (Å²) in [6, 6.07) is 11.8. The van der Waals surface area contributed by atoms with Crippen LogP contribution in [-0.4, -0.2) is 40.8 Å². The normalized spacial score (nSPS) is 16.4. The quantitative estimate of drug-likeness (QED) is 0.147. The van der Waals surface area contributed by atoms with Crippen molar-refractivity contribution in [1.82, 2.24) is 10.3 Å². The number of hydrogen-bond donors (Lipinski definition) is 4. The number of hydrogen-bond acceptors (Lipinski definition) is 7. The van der Waals surface area contributed by atoms with Crippen molar-refractivity contribution < 1.29 is 14.6 Å². The molecule has 4 atom stereocenters. The van der Waals surface area contributed by atoms with Crippen LogP contribution in [0.25, 0.3) is 0 Å². The minimum absolute atomic E-state index is 0.115. The van der Waals surface area contributed by atoms with Gasteiger partial charge in [-0.25, -0.2) is 4.98 Å². The molecule has 4 N–H and O–H groups in total. The maximum atomic E-state index is 13.5. The molecule has 44 heavy (non-hydrogen) atoms. The van der Waals surface area contributed by atoms with E-state index in [0.717, 1.165) is 43.5 Å². The van der Waals surface area contributed by atoms with Crippen LogP contribution in [0.4, 0.5) is 11.5 Å². The summed E-state index contributed by atoms with van der Waals surface area (Å²) in [6.07, 6.45) is 9.99. The Hall–Kier alpha value is -3.41. The Morgan fingerprint density at radius 1 is 1.14 bits per heavy atom. The fourth-order valence-electron chi connectivity index (χ4n) is 4.99. The molecule has 240 valence electrons. The first-order valence-electron chi connectivity index (χ1n) is 16.4. The molecule has 1 aromatic heterocycles. The van der Waals surface area contributed by atoms with Crippen molar-refractivity contribution in [2.45, 2.75) is 111 Å². The van der Waals surface area contributed by atoms with Gasteiger partial charge in [-0.1, -0.05) is 58.7 Å². The minimum Gasteiger partial charge on any atom is -0.488 e. The van der Waals surface area contributed by atoms with Gasteiger partial charge in [0.15, 0.2) is 0 Å². The zero-order valence-corrected chi connectivity index (χ0v) is 27.4. The van der Waals surface area contributed by atoms with E-state index in [1.165, 1.54) is 19.3 Å². The van der Waals surface area contributed by atoms with E-state index in [2.05, 4.69) is 54.4 Å². The molecule has 2 aliphatic rings. The second-order valence-corrected chi connectivity index (χ2v) is 12.7. The molecular formula is C36H53N5O3. The number of aryl methyl sites for hydroxylation is 1. The standard InChI is InChI=1S/C33H47N5O3.C3H6/c1-7-25(15-16-35-21(2)3)24(6)37-32-29(33(40)38-31-14-11-22(4)20-36-31)9-8-10-30(32)41-23(5)17-28(39)18-27(19-34)26-12-13-26;1-2-3-1/h8-11,14,20-21,23,25-28,35,37,39H,6-7,12-13,15-18H2,1-5H3,(H,36,38,40);1-3H2. The number of para-hydroxylation sites is 1. The fraction of sp³-hybridized carbons (Fsp3) is 0.583. The summed E-state index contributed by atoms with van der Waals surface area (Å²) >= 11 is 0. The molecule has 2 saturated carbocycles. The van der Waals surface area contributed by atoms with Crippen molar-refractivity contribution >= 4 is 17.4 Å². The van der Waals surface area contributed by atoms with Crippen LogP contribution in [-0.2, 0) is 0 Å². The largest absolute Gasteiger partial charge is 0.488 e. The monoisotopic (exact) mass is 603 g/mol. The Kier molecular flexibility index (Phi) is 14.2. The van der Waals surface area contributed by atoms with Crippen LogP contribution in [0.1, 0.15) is 101 Å². The number of allylic oxidation sites excluding steroid dienone is 1. The molecule has 8 heteroatoms. The summed E-state index contributed by atoms with van der Waals surface area (Å²) in [6.45, 7) is 15.4. The predicted octanol–water partition coefficient (Wildman–Crippen LogP) is 7.61. The smallest absolute Gasteiger partial charge is 0.259 e. The summed E-state index contributed by atoms with van der Waals surface area (Å²) < 4.78 is 6.34. The maximum absolute atomic E-state index is 13.5. The number of nitriles is 1. The highest BCUT2D eigenvalue weighted by Crippen LogP contribution is 2.39. The van der Waals surface area contributed by atoms with E-state index in [-0.39, 0.29) is 23.8 Å². The van der Waals surface area contributed by atoms with Gasteiger partial charge in [0.25, 0.3) is 5.91 Å². The number of benzene rings is 1. The molecule has 2 fully saturated rings. The number of aliphatic hydroxyl groups is 1. The van der Waals surface area contributed by atoms with Gasteiger partial charge >= 0.3 is 0 Å². The van der Waals surface area contributed by atoms with Crippen LogP contribution in [0.2, 0.25) is 0 Å². The lowest BCUT2D eigenvalue weighted by atomic mass is 9.95. The van der Waals surface area contributed by atoms with Crippen LogP contribution in [0.15, 0.2) is 48.8 Å². The Balaban J connectivity index is 0.00000166. The zero-order valence-electron chi connectivity index (χ0n) is 27.4. The topological polar surface area (TPSA) is 119 Å². The van der Waals surface area contributed by atoms with Crippen molar-refractivity contribution in [3.8, 4) is 11.8 Å². The van der Waals surface area contributed by atoms with E-state index >= 15 is 0 Å². The van der Waals surface area contributed by atoms with Gasteiger partial charge in [-0.15, -0.1) is 0 Å². The van der Waals surface area contributed by atoms with Crippen LogP contribution in [0.5, 0.6) is 5.75 Å². The Bertz CT molecular complexity index is 1230. The number of aromatic nitrogens is 1.